The van der Waals surface area contributed by atoms with Crippen molar-refractivity contribution < 1.29 is 48.0 Å². The molecule has 4 rings (SSSR count). The molecule has 3 aliphatic carbocycles. The summed E-state index contributed by atoms with van der Waals surface area (Å²) in [6.45, 7) is 4.69. The van der Waals surface area contributed by atoms with Crippen LogP contribution in [-0.4, -0.2) is 12.3 Å². The van der Waals surface area contributed by atoms with Crippen molar-refractivity contribution in [1.82, 2.24) is 0 Å². The molecule has 0 aromatic heterocycles. The Morgan fingerprint density at radius 3 is 2.29 bits per heavy atom. The minimum absolute atomic E-state index is 0. The van der Waals surface area contributed by atoms with Crippen LogP contribution < -0.4 is 24.8 Å². The largest absolute Gasteiger partial charge is 1.00 e. The first-order valence-electron chi connectivity index (χ1n) is 13.5. The van der Waals surface area contributed by atoms with Crippen LogP contribution >= 0.6 is 7.92 Å². The molecule has 1 aromatic rings. The van der Waals surface area contributed by atoms with Crippen LogP contribution in [0.5, 0.6) is 0 Å². The van der Waals surface area contributed by atoms with Crippen LogP contribution in [0, 0.1) is 5.92 Å². The molecule has 0 amide bonds. The quantitative estimate of drug-likeness (QED) is 0.240. The summed E-state index contributed by atoms with van der Waals surface area (Å²) in [5.41, 5.74) is 5.16. The monoisotopic (exact) mass is 594 g/mol. The van der Waals surface area contributed by atoms with Gasteiger partial charge < -0.3 is 24.8 Å². The van der Waals surface area contributed by atoms with Crippen LogP contribution in [0.25, 0.3) is 6.08 Å². The number of hydrogen-bond acceptors (Lipinski definition) is 0. The van der Waals surface area contributed by atoms with Crippen LogP contribution in [0.2, 0.25) is 3.63 Å². The zero-order chi connectivity index (χ0) is 22.2. The molecule has 1 aromatic carbocycles. The Hall–Kier alpha value is 0.333. The Bertz CT molecular complexity index is 819. The molecule has 1 saturated carbocycles. The van der Waals surface area contributed by atoms with Crippen molar-refractivity contribution >= 4 is 14.0 Å². The van der Waals surface area contributed by atoms with E-state index in [2.05, 4.69) is 62.4 Å². The summed E-state index contributed by atoms with van der Waals surface area (Å²) in [6, 6.07) is 9.49. The third-order valence-electron chi connectivity index (χ3n) is 7.73. The Kier molecular flexibility index (Phi) is 14.6. The molecule has 3 aliphatic rings. The third kappa shape index (κ3) is 7.91. The Labute approximate surface area is 235 Å². The molecule has 0 nitrogen and oxygen atoms in total. The molecule has 0 radical (unpaired) electrons. The summed E-state index contributed by atoms with van der Waals surface area (Å²) in [5, 5.41) is 1.94. The SMILES string of the molecule is CCCCCCP(CCCCCC)C1=Cc2ccccc2[CH]1[Zr+2][CH]1CCC2CC=CC=C21.[Cl-].[Cl-]. The second-order valence-electron chi connectivity index (χ2n) is 10.1. The van der Waals surface area contributed by atoms with E-state index in [9.17, 15) is 0 Å². The molecule has 34 heavy (non-hydrogen) atoms. The second-order valence-corrected chi connectivity index (χ2v) is 16.5. The van der Waals surface area contributed by atoms with Gasteiger partial charge in [0.15, 0.2) is 0 Å². The fourth-order valence-corrected chi connectivity index (χ4v) is 15.3. The minimum Gasteiger partial charge on any atom is -1.00 e. The first-order chi connectivity index (χ1) is 15.8. The zero-order valence-corrected chi connectivity index (χ0v) is 26.1. The van der Waals surface area contributed by atoms with Crippen molar-refractivity contribution in [3.8, 4) is 0 Å². The van der Waals surface area contributed by atoms with Crippen molar-refractivity contribution in [2.75, 3.05) is 12.3 Å². The number of hydrogen-bond donors (Lipinski definition) is 0. The van der Waals surface area contributed by atoms with E-state index in [0.29, 0.717) is 0 Å². The van der Waals surface area contributed by atoms with Gasteiger partial charge in [-0.3, -0.25) is 0 Å². The van der Waals surface area contributed by atoms with Crippen molar-refractivity contribution in [3.05, 3.63) is 64.5 Å². The van der Waals surface area contributed by atoms with Crippen LogP contribution in [0.3, 0.4) is 0 Å². The first-order valence-corrected chi connectivity index (χ1v) is 18.0. The number of benzene rings is 1. The van der Waals surface area contributed by atoms with Crippen molar-refractivity contribution in [2.45, 2.75) is 91.7 Å². The van der Waals surface area contributed by atoms with E-state index in [4.69, 9.17) is 0 Å². The van der Waals surface area contributed by atoms with Gasteiger partial charge in [0.05, 0.1) is 0 Å². The van der Waals surface area contributed by atoms with Gasteiger partial charge in [-0.1, -0.05) is 0 Å². The van der Waals surface area contributed by atoms with E-state index in [1.807, 2.05) is 10.9 Å². The van der Waals surface area contributed by atoms with Gasteiger partial charge in [-0.15, -0.1) is 0 Å². The summed E-state index contributed by atoms with van der Waals surface area (Å²) in [7, 11) is 0.0501. The third-order valence-corrected chi connectivity index (χ3v) is 16.0. The fourth-order valence-electron chi connectivity index (χ4n) is 5.88. The molecule has 3 unspecified atom stereocenters. The zero-order valence-electron chi connectivity index (χ0n) is 21.2. The van der Waals surface area contributed by atoms with Crippen LogP contribution in [0.4, 0.5) is 0 Å². The summed E-state index contributed by atoms with van der Waals surface area (Å²) < 4.78 is 1.83. The normalized spacial score (nSPS) is 22.3. The average molecular weight is 597 g/mol. The Balaban J connectivity index is 0.00000204. The summed E-state index contributed by atoms with van der Waals surface area (Å²) in [4.78, 5) is 0. The number of allylic oxidation sites excluding steroid dienone is 5. The summed E-state index contributed by atoms with van der Waals surface area (Å²) in [5.74, 6) is 0.888. The molecular weight excluding hydrogens is 553 g/mol. The van der Waals surface area contributed by atoms with Gasteiger partial charge in [0.2, 0.25) is 0 Å². The van der Waals surface area contributed by atoms with Gasteiger partial charge in [0.1, 0.15) is 0 Å². The van der Waals surface area contributed by atoms with Crippen molar-refractivity contribution in [1.29, 1.82) is 0 Å². The van der Waals surface area contributed by atoms with Gasteiger partial charge in [-0.2, -0.15) is 0 Å². The molecular formula is C30H43Cl2PZr. The van der Waals surface area contributed by atoms with Crippen LogP contribution in [-0.2, 0) is 23.2 Å². The average Bonchev–Trinajstić information content (AvgIpc) is 3.40. The van der Waals surface area contributed by atoms with E-state index in [1.54, 1.807) is 11.1 Å². The van der Waals surface area contributed by atoms with Gasteiger partial charge in [0.25, 0.3) is 0 Å². The van der Waals surface area contributed by atoms with Gasteiger partial charge in [0, 0.05) is 0 Å². The maximum atomic E-state index is 2.70. The first kappa shape index (κ1) is 30.6. The second kappa shape index (κ2) is 16.2. The molecule has 4 heteroatoms. The van der Waals surface area contributed by atoms with Crippen LogP contribution in [0.1, 0.15) is 99.2 Å². The van der Waals surface area contributed by atoms with E-state index >= 15 is 0 Å². The number of fused-ring (bicyclic) bond motifs is 2. The van der Waals surface area contributed by atoms with E-state index in [1.165, 1.54) is 83.0 Å². The molecule has 0 spiro atoms. The Morgan fingerprint density at radius 2 is 1.59 bits per heavy atom. The minimum atomic E-state index is -0.575. The maximum Gasteiger partial charge on any atom is -1.00 e. The standard InChI is InChI=1S/C21H32P.C9H11.2ClH.Zr/c1-3-5-7-11-15-22(16-12-8-6-4-2)21-17-19-13-9-10-14-20(19)18-21;1-2-5-9-7-3-6-8(9)4-1;;;/h9-10,13-14,17-18H,3-8,11-12,15-16H2,1-2H3;1-2,4,6,9H,3,5,7H2;2*1H;/q;;;;+2/p-2. The molecule has 0 saturated heterocycles. The predicted molar refractivity (Wildman–Crippen MR) is 140 cm³/mol. The van der Waals surface area contributed by atoms with Gasteiger partial charge in [-0.05, 0) is 0 Å². The maximum absolute atomic E-state index is 2.70. The number of rotatable bonds is 13. The molecule has 0 N–H and O–H groups in total. The van der Waals surface area contributed by atoms with Crippen molar-refractivity contribution in [3.63, 3.8) is 0 Å². The van der Waals surface area contributed by atoms with Crippen molar-refractivity contribution in [2.24, 2.45) is 5.92 Å². The Morgan fingerprint density at radius 1 is 0.882 bits per heavy atom. The molecule has 186 valence electrons. The van der Waals surface area contributed by atoms with E-state index in [0.717, 1.165) is 13.2 Å². The molecule has 0 aliphatic heterocycles. The van der Waals surface area contributed by atoms with Crippen LogP contribution in [0.15, 0.2) is 53.4 Å². The molecule has 0 heterocycles. The fraction of sp³-hybridized carbons (Fsp3) is 0.600. The summed E-state index contributed by atoms with van der Waals surface area (Å²) >= 11 is -0.575. The predicted octanol–water partition coefficient (Wildman–Crippen LogP) is 3.90. The van der Waals surface area contributed by atoms with Gasteiger partial charge in [-0.25, -0.2) is 0 Å². The molecule has 3 atom stereocenters. The molecule has 0 bridgehead atoms. The topological polar surface area (TPSA) is 0 Å². The number of unbranched alkanes of at least 4 members (excludes halogenated alkanes) is 6. The van der Waals surface area contributed by atoms with Gasteiger partial charge >= 0.3 is 212 Å². The smallest absolute Gasteiger partial charge is 1.00 e. The molecule has 1 fully saturated rings. The van der Waals surface area contributed by atoms with E-state index in [-0.39, 0.29) is 32.7 Å². The number of halogens is 2. The van der Waals surface area contributed by atoms with E-state index < -0.39 is 23.2 Å². The summed E-state index contributed by atoms with van der Waals surface area (Å²) in [6.07, 6.45) is 28.6.